The number of carboxylic acid groups (broad SMARTS) is 1. The van der Waals surface area contributed by atoms with E-state index in [0.29, 0.717) is 5.75 Å². The maximum atomic E-state index is 10.00. The molecule has 0 fully saturated rings. The van der Waals surface area contributed by atoms with Gasteiger partial charge in [-0.1, -0.05) is 18.2 Å². The van der Waals surface area contributed by atoms with Crippen LogP contribution < -0.4 is 9.84 Å². The Morgan fingerprint density at radius 1 is 1.33 bits per heavy atom. The molecule has 3 nitrogen and oxygen atoms in total. The fourth-order valence-electron chi connectivity index (χ4n) is 0.769. The van der Waals surface area contributed by atoms with Gasteiger partial charge in [-0.3, -0.25) is 0 Å². The molecule has 0 unspecified atom stereocenters. The predicted octanol–water partition coefficient (Wildman–Crippen LogP) is 0.205. The molecular weight excluding hydrogens is 156 g/mol. The second kappa shape index (κ2) is 4.38. The van der Waals surface area contributed by atoms with Gasteiger partial charge in [-0.25, -0.2) is 0 Å². The van der Waals surface area contributed by atoms with Gasteiger partial charge in [-0.15, -0.1) is 0 Å². The third-order valence-electron chi connectivity index (χ3n) is 1.32. The first-order valence-corrected chi connectivity index (χ1v) is 3.67. The van der Waals surface area contributed by atoms with Crippen molar-refractivity contribution >= 4 is 5.97 Å². The van der Waals surface area contributed by atoms with Gasteiger partial charge >= 0.3 is 0 Å². The Kier molecular flexibility index (Phi) is 3.14. The van der Waals surface area contributed by atoms with Gasteiger partial charge in [0.05, 0.1) is 6.61 Å². The molecule has 0 aliphatic heterocycles. The third kappa shape index (κ3) is 3.05. The van der Waals surface area contributed by atoms with Gasteiger partial charge in [0.2, 0.25) is 0 Å². The lowest BCUT2D eigenvalue weighted by atomic mass is 10.3. The molecule has 1 rings (SSSR count). The van der Waals surface area contributed by atoms with Gasteiger partial charge in [0.15, 0.2) is 0 Å². The maximum Gasteiger partial charge on any atom is 0.119 e. The van der Waals surface area contributed by atoms with Gasteiger partial charge in [0.25, 0.3) is 0 Å². The number of carbonyl (C=O) groups is 1. The number of carbonyl (C=O) groups excluding carboxylic acids is 1. The molecule has 0 bridgehead atoms. The summed E-state index contributed by atoms with van der Waals surface area (Å²) < 4.78 is 5.10. The Balaban J connectivity index is 2.29. The van der Waals surface area contributed by atoms with E-state index >= 15 is 0 Å². The third-order valence-corrected chi connectivity index (χ3v) is 1.32. The van der Waals surface area contributed by atoms with Crippen LogP contribution in [0.1, 0.15) is 6.42 Å². The van der Waals surface area contributed by atoms with E-state index in [1.807, 2.05) is 18.2 Å². The molecule has 1 aromatic carbocycles. The molecule has 0 radical (unpaired) electrons. The number of aliphatic carboxylic acids is 1. The van der Waals surface area contributed by atoms with E-state index in [9.17, 15) is 9.90 Å². The summed E-state index contributed by atoms with van der Waals surface area (Å²) in [7, 11) is 0. The normalized spacial score (nSPS) is 9.33. The standard InChI is InChI=1S/C9H10O3/c10-9(11)6-7-12-8-4-2-1-3-5-8/h1-5H,6-7H2,(H,10,11)/p-1. The number of rotatable bonds is 4. The Morgan fingerprint density at radius 2 is 2.00 bits per heavy atom. The molecule has 0 saturated heterocycles. The molecular formula is C9H9O3-. The first-order valence-electron chi connectivity index (χ1n) is 3.67. The Hall–Kier alpha value is -1.51. The minimum Gasteiger partial charge on any atom is -0.550 e. The summed E-state index contributed by atoms with van der Waals surface area (Å²) in [5, 5.41) is 10.00. The zero-order valence-electron chi connectivity index (χ0n) is 6.53. The zero-order chi connectivity index (χ0) is 8.81. The summed E-state index contributed by atoms with van der Waals surface area (Å²) in [5.74, 6) is -0.412. The van der Waals surface area contributed by atoms with Gasteiger partial charge in [-0.05, 0) is 12.1 Å². The van der Waals surface area contributed by atoms with Crippen molar-refractivity contribution in [2.45, 2.75) is 6.42 Å². The molecule has 12 heavy (non-hydrogen) atoms. The highest BCUT2D eigenvalue weighted by molar-refractivity contribution is 5.64. The fraction of sp³-hybridized carbons (Fsp3) is 0.222. The topological polar surface area (TPSA) is 49.4 Å². The first kappa shape index (κ1) is 8.59. The van der Waals surface area contributed by atoms with Crippen LogP contribution in [-0.4, -0.2) is 12.6 Å². The summed E-state index contributed by atoms with van der Waals surface area (Å²) >= 11 is 0. The lowest BCUT2D eigenvalue weighted by molar-refractivity contribution is -0.306. The smallest absolute Gasteiger partial charge is 0.119 e. The van der Waals surface area contributed by atoms with E-state index in [1.165, 1.54) is 0 Å². The second-order valence-corrected chi connectivity index (χ2v) is 2.28. The van der Waals surface area contributed by atoms with Crippen molar-refractivity contribution in [3.05, 3.63) is 30.3 Å². The van der Waals surface area contributed by atoms with Crippen molar-refractivity contribution in [3.63, 3.8) is 0 Å². The Bertz CT molecular complexity index is 243. The Morgan fingerprint density at radius 3 is 2.58 bits per heavy atom. The van der Waals surface area contributed by atoms with Crippen LogP contribution in [0, 0.1) is 0 Å². The minimum atomic E-state index is -1.09. The molecule has 0 atom stereocenters. The van der Waals surface area contributed by atoms with E-state index in [-0.39, 0.29) is 13.0 Å². The second-order valence-electron chi connectivity index (χ2n) is 2.28. The van der Waals surface area contributed by atoms with Gasteiger partial charge in [0, 0.05) is 12.4 Å². The lowest BCUT2D eigenvalue weighted by Crippen LogP contribution is -2.24. The molecule has 0 amide bonds. The molecule has 0 aliphatic rings. The van der Waals surface area contributed by atoms with Gasteiger partial charge in [-0.2, -0.15) is 0 Å². The highest BCUT2D eigenvalue weighted by Gasteiger charge is 1.90. The number of para-hydroxylation sites is 1. The zero-order valence-corrected chi connectivity index (χ0v) is 6.53. The van der Waals surface area contributed by atoms with Gasteiger partial charge < -0.3 is 14.6 Å². The highest BCUT2D eigenvalue weighted by atomic mass is 16.5. The SMILES string of the molecule is O=C([O-])CCOc1ccccc1. The van der Waals surface area contributed by atoms with Crippen molar-refractivity contribution in [3.8, 4) is 5.75 Å². The van der Waals surface area contributed by atoms with Crippen LogP contribution in [0.15, 0.2) is 30.3 Å². The van der Waals surface area contributed by atoms with E-state index in [1.54, 1.807) is 12.1 Å². The number of hydrogen-bond acceptors (Lipinski definition) is 3. The molecule has 0 N–H and O–H groups in total. The molecule has 0 aliphatic carbocycles. The number of benzene rings is 1. The van der Waals surface area contributed by atoms with Crippen LogP contribution in [0.4, 0.5) is 0 Å². The van der Waals surface area contributed by atoms with Crippen LogP contribution in [0.3, 0.4) is 0 Å². The maximum absolute atomic E-state index is 10.00. The van der Waals surface area contributed by atoms with E-state index in [4.69, 9.17) is 4.74 Å². The average molecular weight is 165 g/mol. The summed E-state index contributed by atoms with van der Waals surface area (Å²) in [6.07, 6.45) is -0.0745. The number of carboxylic acids is 1. The predicted molar refractivity (Wildman–Crippen MR) is 41.6 cm³/mol. The molecule has 0 heterocycles. The van der Waals surface area contributed by atoms with Crippen LogP contribution in [0.2, 0.25) is 0 Å². The lowest BCUT2D eigenvalue weighted by Gasteiger charge is -2.05. The number of ether oxygens (including phenoxy) is 1. The average Bonchev–Trinajstić information content (AvgIpc) is 2.05. The van der Waals surface area contributed by atoms with Crippen LogP contribution in [0.5, 0.6) is 5.75 Å². The summed E-state index contributed by atoms with van der Waals surface area (Å²) in [6.45, 7) is 0.159. The van der Waals surface area contributed by atoms with Crippen LogP contribution in [-0.2, 0) is 4.79 Å². The van der Waals surface area contributed by atoms with Crippen LogP contribution in [0.25, 0.3) is 0 Å². The summed E-state index contributed by atoms with van der Waals surface area (Å²) in [5.41, 5.74) is 0. The van der Waals surface area contributed by atoms with Crippen LogP contribution >= 0.6 is 0 Å². The van der Waals surface area contributed by atoms with E-state index in [2.05, 4.69) is 0 Å². The largest absolute Gasteiger partial charge is 0.550 e. The van der Waals surface area contributed by atoms with Crippen molar-refractivity contribution in [1.82, 2.24) is 0 Å². The quantitative estimate of drug-likeness (QED) is 0.640. The highest BCUT2D eigenvalue weighted by Crippen LogP contribution is 2.07. The van der Waals surface area contributed by atoms with Crippen molar-refractivity contribution < 1.29 is 14.6 Å². The van der Waals surface area contributed by atoms with E-state index in [0.717, 1.165) is 0 Å². The summed E-state index contributed by atoms with van der Waals surface area (Å²) in [6, 6.07) is 9.07. The molecule has 0 spiro atoms. The molecule has 1 aromatic rings. The minimum absolute atomic E-state index is 0.0745. The van der Waals surface area contributed by atoms with E-state index < -0.39 is 5.97 Å². The molecule has 0 aromatic heterocycles. The van der Waals surface area contributed by atoms with Crippen molar-refractivity contribution in [2.75, 3.05) is 6.61 Å². The Labute approximate surface area is 70.6 Å². The van der Waals surface area contributed by atoms with Crippen molar-refractivity contribution in [1.29, 1.82) is 0 Å². The molecule has 0 saturated carbocycles. The molecule has 64 valence electrons. The summed E-state index contributed by atoms with van der Waals surface area (Å²) in [4.78, 5) is 10.00. The fourth-order valence-corrected chi connectivity index (χ4v) is 0.769. The monoisotopic (exact) mass is 165 g/mol. The van der Waals surface area contributed by atoms with Crippen molar-refractivity contribution in [2.24, 2.45) is 0 Å². The number of hydrogen-bond donors (Lipinski definition) is 0. The van der Waals surface area contributed by atoms with Gasteiger partial charge in [0.1, 0.15) is 5.75 Å². The first-order chi connectivity index (χ1) is 5.79. The molecule has 3 heteroatoms.